The Labute approximate surface area is 258 Å². The number of piperidine rings is 1. The number of fused-ring (bicyclic) bond motifs is 1. The Hall–Kier alpha value is -4.49. The molecule has 5 amide bonds. The molecule has 0 radical (unpaired) electrons. The molecule has 1 aromatic heterocycles. The third kappa shape index (κ3) is 9.25. The molecule has 4 rings (SSSR count). The van der Waals surface area contributed by atoms with Crippen molar-refractivity contribution in [1.82, 2.24) is 25.3 Å². The number of imide groups is 1. The van der Waals surface area contributed by atoms with Gasteiger partial charge in [-0.25, -0.2) is 9.18 Å². The van der Waals surface area contributed by atoms with Crippen LogP contribution in [0.5, 0.6) is 0 Å². The van der Waals surface area contributed by atoms with E-state index < -0.39 is 59.9 Å². The fourth-order valence-electron chi connectivity index (χ4n) is 4.64. The van der Waals surface area contributed by atoms with E-state index in [1.807, 2.05) is 0 Å². The second kappa shape index (κ2) is 15.5. The van der Waals surface area contributed by atoms with Crippen molar-refractivity contribution in [1.29, 1.82) is 0 Å². The van der Waals surface area contributed by atoms with Crippen molar-refractivity contribution in [2.75, 3.05) is 31.6 Å². The SMILES string of the molecule is CC(=O)N(C)C(=O)N(c1ccc2[nH]ncc2c1)C1CCN(C(=O)CNC(=O)C2=CC(C(F)(F)F)=CC=C(F)C2)CC1.CCCC. The van der Waals surface area contributed by atoms with Crippen LogP contribution in [0.3, 0.4) is 0 Å². The summed E-state index contributed by atoms with van der Waals surface area (Å²) in [5.41, 5.74) is -0.304. The van der Waals surface area contributed by atoms with Gasteiger partial charge in [-0.05, 0) is 49.3 Å². The number of hydrogen-bond acceptors (Lipinski definition) is 5. The molecule has 45 heavy (non-hydrogen) atoms. The highest BCUT2D eigenvalue weighted by atomic mass is 19.4. The topological polar surface area (TPSA) is 119 Å². The second-order valence-corrected chi connectivity index (χ2v) is 10.7. The molecule has 1 saturated heterocycles. The summed E-state index contributed by atoms with van der Waals surface area (Å²) < 4.78 is 53.2. The van der Waals surface area contributed by atoms with Crippen molar-refractivity contribution in [3.63, 3.8) is 0 Å². The molecular weight excluding hydrogens is 596 g/mol. The lowest BCUT2D eigenvalue weighted by Crippen LogP contribution is -2.53. The van der Waals surface area contributed by atoms with Crippen molar-refractivity contribution in [3.8, 4) is 0 Å². The average Bonchev–Trinajstić information content (AvgIpc) is 3.38. The van der Waals surface area contributed by atoms with Crippen LogP contribution in [0.15, 0.2) is 59.6 Å². The number of nitrogens with one attached hydrogen (secondary N) is 2. The van der Waals surface area contributed by atoms with E-state index >= 15 is 0 Å². The van der Waals surface area contributed by atoms with Gasteiger partial charge in [0.2, 0.25) is 17.7 Å². The van der Waals surface area contributed by atoms with Crippen molar-refractivity contribution < 1.29 is 36.7 Å². The lowest BCUT2D eigenvalue weighted by atomic mass is 10.0. The number of halogens is 4. The van der Waals surface area contributed by atoms with Gasteiger partial charge in [0, 0.05) is 56.2 Å². The number of carbonyl (C=O) groups excluding carboxylic acids is 4. The Bertz CT molecular complexity index is 1490. The zero-order valence-corrected chi connectivity index (χ0v) is 25.7. The maximum Gasteiger partial charge on any atom is 0.416 e. The lowest BCUT2D eigenvalue weighted by Gasteiger charge is -2.39. The number of likely N-dealkylation sites (tertiary alicyclic amines) is 1. The molecule has 0 spiro atoms. The van der Waals surface area contributed by atoms with E-state index in [1.165, 1.54) is 36.6 Å². The van der Waals surface area contributed by atoms with Crippen molar-refractivity contribution in [3.05, 3.63) is 59.6 Å². The summed E-state index contributed by atoms with van der Waals surface area (Å²) in [7, 11) is 1.38. The number of unbranched alkanes of at least 4 members (excludes halogenated alkanes) is 1. The summed E-state index contributed by atoms with van der Waals surface area (Å²) in [6.07, 6.45) is 1.35. The number of amides is 5. The zero-order valence-electron chi connectivity index (χ0n) is 25.7. The summed E-state index contributed by atoms with van der Waals surface area (Å²) >= 11 is 0. The molecule has 244 valence electrons. The summed E-state index contributed by atoms with van der Waals surface area (Å²) in [5, 5.41) is 9.88. The van der Waals surface area contributed by atoms with Gasteiger partial charge >= 0.3 is 12.2 Å². The molecule has 1 aliphatic carbocycles. The largest absolute Gasteiger partial charge is 0.416 e. The first-order valence-corrected chi connectivity index (χ1v) is 14.7. The van der Waals surface area contributed by atoms with E-state index in [0.29, 0.717) is 36.8 Å². The molecule has 1 aliphatic heterocycles. The van der Waals surface area contributed by atoms with Crippen LogP contribution in [0.1, 0.15) is 52.9 Å². The molecule has 2 aliphatic rings. The van der Waals surface area contributed by atoms with Crippen LogP contribution in [0.25, 0.3) is 10.9 Å². The van der Waals surface area contributed by atoms with Crippen LogP contribution in [-0.2, 0) is 14.4 Å². The normalized spacial score (nSPS) is 15.6. The Balaban J connectivity index is 0.00000130. The predicted octanol–water partition coefficient (Wildman–Crippen LogP) is 5.55. The molecule has 0 unspecified atom stereocenters. The van der Waals surface area contributed by atoms with Gasteiger partial charge in [0.05, 0.1) is 23.8 Å². The van der Waals surface area contributed by atoms with Crippen LogP contribution in [-0.4, -0.2) is 82.6 Å². The zero-order chi connectivity index (χ0) is 33.3. The van der Waals surface area contributed by atoms with E-state index in [2.05, 4.69) is 29.4 Å². The van der Waals surface area contributed by atoms with E-state index in [4.69, 9.17) is 0 Å². The van der Waals surface area contributed by atoms with Crippen molar-refractivity contribution in [2.24, 2.45) is 0 Å². The Morgan fingerprint density at radius 1 is 1.09 bits per heavy atom. The van der Waals surface area contributed by atoms with Crippen molar-refractivity contribution in [2.45, 2.75) is 65.1 Å². The Morgan fingerprint density at radius 3 is 2.36 bits per heavy atom. The average molecular weight is 635 g/mol. The number of rotatable bonds is 6. The monoisotopic (exact) mass is 634 g/mol. The highest BCUT2D eigenvalue weighted by Crippen LogP contribution is 2.31. The minimum Gasteiger partial charge on any atom is -0.343 e. The van der Waals surface area contributed by atoms with E-state index in [9.17, 15) is 36.7 Å². The molecule has 2 heterocycles. The van der Waals surface area contributed by atoms with Gasteiger partial charge in [0.1, 0.15) is 5.83 Å². The highest BCUT2D eigenvalue weighted by molar-refractivity contribution is 6.03. The van der Waals surface area contributed by atoms with E-state index in [-0.39, 0.29) is 19.1 Å². The third-order valence-corrected chi connectivity index (χ3v) is 7.50. The van der Waals surface area contributed by atoms with Gasteiger partial charge in [-0.3, -0.25) is 29.3 Å². The molecule has 2 N–H and O–H groups in total. The summed E-state index contributed by atoms with van der Waals surface area (Å²) in [6.45, 7) is 5.59. The third-order valence-electron chi connectivity index (χ3n) is 7.50. The standard InChI is InChI=1S/C27H28F4N6O4.C4H10/c1-16(38)35(2)26(41)37(22-5-6-23-18(13-22)14-33-34-23)21-7-9-36(10-8-21)24(39)15-32-25(40)17-11-19(27(29,30)31)3-4-20(28)12-17;1-3-4-2/h3-6,11,13-14,21H,7-10,12,15H2,1-2H3,(H,32,40)(H,33,34);3-4H2,1-2H3. The van der Waals surface area contributed by atoms with Crippen molar-refractivity contribution >= 4 is 40.3 Å². The van der Waals surface area contributed by atoms with Gasteiger partial charge in [0.25, 0.3) is 0 Å². The minimum atomic E-state index is -4.77. The lowest BCUT2D eigenvalue weighted by molar-refractivity contribution is -0.133. The fraction of sp³-hybridized carbons (Fsp3) is 0.452. The molecular formula is C31H38F4N6O4. The Kier molecular flexibility index (Phi) is 12.0. The number of aromatic nitrogens is 2. The summed E-state index contributed by atoms with van der Waals surface area (Å²) in [6, 6.07) is 4.40. The molecule has 0 bridgehead atoms. The number of benzene rings is 1. The molecule has 0 atom stereocenters. The predicted molar refractivity (Wildman–Crippen MR) is 162 cm³/mol. The number of hydrogen-bond donors (Lipinski definition) is 2. The molecule has 1 aromatic carbocycles. The second-order valence-electron chi connectivity index (χ2n) is 10.7. The van der Waals surface area contributed by atoms with E-state index in [0.717, 1.165) is 15.8 Å². The molecule has 14 heteroatoms. The van der Waals surface area contributed by atoms with Crippen LogP contribution in [0.4, 0.5) is 28.0 Å². The van der Waals surface area contributed by atoms with Gasteiger partial charge in [-0.1, -0.05) is 26.7 Å². The molecule has 2 aromatic rings. The quantitative estimate of drug-likeness (QED) is 0.404. The van der Waals surface area contributed by atoms with Gasteiger partial charge in [-0.2, -0.15) is 18.3 Å². The van der Waals surface area contributed by atoms with Gasteiger partial charge in [-0.15, -0.1) is 0 Å². The smallest absolute Gasteiger partial charge is 0.343 e. The number of nitrogens with zero attached hydrogens (tertiary/aromatic N) is 4. The van der Waals surface area contributed by atoms with Crippen LogP contribution >= 0.6 is 0 Å². The van der Waals surface area contributed by atoms with Crippen LogP contribution in [0, 0.1) is 0 Å². The number of carbonyl (C=O) groups is 4. The number of urea groups is 1. The number of H-pyrrole nitrogens is 1. The van der Waals surface area contributed by atoms with E-state index in [1.54, 1.807) is 24.4 Å². The molecule has 0 saturated carbocycles. The van der Waals surface area contributed by atoms with Gasteiger partial charge < -0.3 is 10.2 Å². The maximum absolute atomic E-state index is 13.8. The first-order valence-electron chi connectivity index (χ1n) is 14.7. The summed E-state index contributed by atoms with van der Waals surface area (Å²) in [4.78, 5) is 54.6. The Morgan fingerprint density at radius 2 is 1.76 bits per heavy atom. The first-order chi connectivity index (χ1) is 21.3. The number of alkyl halides is 3. The summed E-state index contributed by atoms with van der Waals surface area (Å²) in [5.74, 6) is -2.81. The first kappa shape index (κ1) is 35.0. The van der Waals surface area contributed by atoms with Crippen LogP contribution < -0.4 is 10.2 Å². The van der Waals surface area contributed by atoms with Crippen LogP contribution in [0.2, 0.25) is 0 Å². The number of anilines is 1. The number of aromatic amines is 1. The maximum atomic E-state index is 13.8. The fourth-order valence-corrected chi connectivity index (χ4v) is 4.64. The number of allylic oxidation sites excluding steroid dienone is 5. The minimum absolute atomic E-state index is 0.224. The molecule has 1 fully saturated rings. The van der Waals surface area contributed by atoms with Gasteiger partial charge in [0.15, 0.2) is 0 Å². The highest BCUT2D eigenvalue weighted by Gasteiger charge is 2.35. The molecule has 10 nitrogen and oxygen atoms in total.